The third kappa shape index (κ3) is 8.11. The highest BCUT2D eigenvalue weighted by molar-refractivity contribution is 5.89. The van der Waals surface area contributed by atoms with Crippen molar-refractivity contribution in [1.82, 2.24) is 4.57 Å². The van der Waals surface area contributed by atoms with Gasteiger partial charge >= 0.3 is 12.1 Å². The van der Waals surface area contributed by atoms with E-state index in [2.05, 4.69) is 49.3 Å². The zero-order valence-electron chi connectivity index (χ0n) is 25.5. The molecule has 0 amide bonds. The molecule has 3 aromatic rings. The highest BCUT2D eigenvalue weighted by Crippen LogP contribution is 2.40. The molecule has 0 spiro atoms. The number of nitrogens with zero attached hydrogens (tertiary/aromatic N) is 1. The number of carbonyl (C=O) groups is 1. The third-order valence-electron chi connectivity index (χ3n) is 7.58. The van der Waals surface area contributed by atoms with Gasteiger partial charge in [-0.3, -0.25) is 0 Å². The fourth-order valence-corrected chi connectivity index (χ4v) is 4.79. The quantitative estimate of drug-likeness (QED) is 0.0952. The smallest absolute Gasteiger partial charge is 0.400 e. The van der Waals surface area contributed by atoms with Gasteiger partial charge in [0.15, 0.2) is 0 Å². The van der Waals surface area contributed by atoms with Crippen LogP contribution < -0.4 is 9.47 Å². The molecule has 0 saturated heterocycles. The zero-order valence-corrected chi connectivity index (χ0v) is 25.5. The van der Waals surface area contributed by atoms with Crippen molar-refractivity contribution in [1.29, 1.82) is 0 Å². The molecule has 230 valence electrons. The summed E-state index contributed by atoms with van der Waals surface area (Å²) in [6.45, 7) is 9.32. The molecule has 0 bridgehead atoms. The lowest BCUT2D eigenvalue weighted by Crippen LogP contribution is -2.44. The molecule has 0 aliphatic heterocycles. The van der Waals surface area contributed by atoms with Crippen LogP contribution in [0.25, 0.3) is 22.2 Å². The second kappa shape index (κ2) is 14.7. The third-order valence-corrected chi connectivity index (χ3v) is 7.58. The molecule has 0 N–H and O–H groups in total. The van der Waals surface area contributed by atoms with Crippen LogP contribution in [-0.4, -0.2) is 37.0 Å². The van der Waals surface area contributed by atoms with Crippen LogP contribution in [0.3, 0.4) is 0 Å². The summed E-state index contributed by atoms with van der Waals surface area (Å²) >= 11 is 0. The van der Waals surface area contributed by atoms with Crippen LogP contribution in [0.2, 0.25) is 0 Å². The van der Waals surface area contributed by atoms with E-state index in [0.29, 0.717) is 5.75 Å². The van der Waals surface area contributed by atoms with Gasteiger partial charge < -0.3 is 18.8 Å². The molecule has 1 aromatic heterocycles. The maximum atomic E-state index is 14.0. The number of benzene rings is 2. The maximum Gasteiger partial charge on any atom is 0.400 e. The Hall–Kier alpha value is -3.42. The first kappa shape index (κ1) is 33.1. The number of aromatic nitrogens is 1. The van der Waals surface area contributed by atoms with Gasteiger partial charge in [0, 0.05) is 29.1 Å². The standard InChI is InChI=1S/C34H44F3NO4/c1-7-9-11-13-25-14-17-28(31(19-25)40-6)30-20-26-15-16-27(21-29(26)38(30)18-12-10-8-2)41-22-33(5,34(35,36)37)23-42-32(39)24(3)4/h14-17,19-21H,3,7-13,18,22-23H2,1-2,4-6H3. The number of ether oxygens (including phenoxy) is 3. The predicted molar refractivity (Wildman–Crippen MR) is 162 cm³/mol. The molecule has 0 radical (unpaired) electrons. The molecule has 1 atom stereocenters. The summed E-state index contributed by atoms with van der Waals surface area (Å²) in [6.07, 6.45) is 2.88. The van der Waals surface area contributed by atoms with Gasteiger partial charge in [0.2, 0.25) is 0 Å². The first-order valence-electron chi connectivity index (χ1n) is 14.8. The molecule has 3 rings (SSSR count). The molecule has 1 unspecified atom stereocenters. The van der Waals surface area contributed by atoms with Crippen molar-refractivity contribution >= 4 is 16.9 Å². The van der Waals surface area contributed by atoms with Crippen molar-refractivity contribution in [2.45, 2.75) is 85.4 Å². The van der Waals surface area contributed by atoms with E-state index in [4.69, 9.17) is 14.2 Å². The number of halogens is 3. The van der Waals surface area contributed by atoms with E-state index in [0.717, 1.165) is 79.9 Å². The first-order valence-corrected chi connectivity index (χ1v) is 14.8. The zero-order chi connectivity index (χ0) is 30.9. The molecule has 2 aromatic carbocycles. The van der Waals surface area contributed by atoms with Gasteiger partial charge in [-0.05, 0) is 69.0 Å². The Morgan fingerprint density at radius 2 is 1.67 bits per heavy atom. The molecule has 0 fully saturated rings. The number of hydrogen-bond acceptors (Lipinski definition) is 4. The van der Waals surface area contributed by atoms with Crippen LogP contribution in [0.5, 0.6) is 11.5 Å². The normalized spacial score (nSPS) is 13.1. The number of aryl methyl sites for hydroxylation is 2. The predicted octanol–water partition coefficient (Wildman–Crippen LogP) is 9.31. The Balaban J connectivity index is 1.96. The van der Waals surface area contributed by atoms with Crippen molar-refractivity contribution < 1.29 is 32.2 Å². The van der Waals surface area contributed by atoms with E-state index in [-0.39, 0.29) is 5.57 Å². The SMILES string of the molecule is C=C(C)C(=O)OCC(C)(COc1ccc2cc(-c3ccc(CCCCC)cc3OC)n(CCCCC)c2c1)C(F)(F)F. The average Bonchev–Trinajstić information content (AvgIpc) is 3.31. The molecule has 42 heavy (non-hydrogen) atoms. The molecule has 1 heterocycles. The van der Waals surface area contributed by atoms with Gasteiger partial charge in [0.25, 0.3) is 0 Å². The molecule has 8 heteroatoms. The summed E-state index contributed by atoms with van der Waals surface area (Å²) < 4.78 is 60.7. The van der Waals surface area contributed by atoms with Gasteiger partial charge in [-0.25, -0.2) is 4.79 Å². The number of carbonyl (C=O) groups excluding carboxylic acids is 1. The number of methoxy groups -OCH3 is 1. The van der Waals surface area contributed by atoms with Crippen molar-refractivity contribution in [2.75, 3.05) is 20.3 Å². The van der Waals surface area contributed by atoms with Gasteiger partial charge in [0.1, 0.15) is 30.1 Å². The lowest BCUT2D eigenvalue weighted by atomic mass is 9.92. The van der Waals surface area contributed by atoms with Crippen LogP contribution in [0.1, 0.15) is 71.8 Å². The molecular weight excluding hydrogens is 543 g/mol. The lowest BCUT2D eigenvalue weighted by molar-refractivity contribution is -0.240. The molecule has 0 saturated carbocycles. The van der Waals surface area contributed by atoms with Crippen LogP contribution >= 0.6 is 0 Å². The Bertz CT molecular complexity index is 1360. The van der Waals surface area contributed by atoms with E-state index in [9.17, 15) is 18.0 Å². The summed E-state index contributed by atoms with van der Waals surface area (Å²) in [7, 11) is 1.68. The van der Waals surface area contributed by atoms with Crippen LogP contribution in [0.15, 0.2) is 54.6 Å². The fraction of sp³-hybridized carbons (Fsp3) is 0.500. The van der Waals surface area contributed by atoms with Crippen molar-refractivity contribution in [3.8, 4) is 22.8 Å². The minimum atomic E-state index is -4.65. The van der Waals surface area contributed by atoms with Crippen molar-refractivity contribution in [2.24, 2.45) is 5.41 Å². The summed E-state index contributed by atoms with van der Waals surface area (Å²) in [5, 5.41) is 0.955. The topological polar surface area (TPSA) is 49.7 Å². The Morgan fingerprint density at radius 3 is 2.31 bits per heavy atom. The molecule has 5 nitrogen and oxygen atoms in total. The molecular formula is C34H44F3NO4. The highest BCUT2D eigenvalue weighted by Gasteiger charge is 2.53. The second-order valence-corrected chi connectivity index (χ2v) is 11.3. The number of rotatable bonds is 16. The van der Waals surface area contributed by atoms with Gasteiger partial charge in [0.05, 0.1) is 18.3 Å². The van der Waals surface area contributed by atoms with Crippen molar-refractivity contribution in [3.05, 3.63) is 60.2 Å². The van der Waals surface area contributed by atoms with Crippen LogP contribution in [0, 0.1) is 5.41 Å². The minimum Gasteiger partial charge on any atom is -0.496 e. The summed E-state index contributed by atoms with van der Waals surface area (Å²) in [4.78, 5) is 11.8. The highest BCUT2D eigenvalue weighted by atomic mass is 19.4. The van der Waals surface area contributed by atoms with E-state index in [1.807, 2.05) is 6.07 Å². The monoisotopic (exact) mass is 587 g/mol. The van der Waals surface area contributed by atoms with Crippen LogP contribution in [0.4, 0.5) is 13.2 Å². The largest absolute Gasteiger partial charge is 0.496 e. The second-order valence-electron chi connectivity index (χ2n) is 11.3. The summed E-state index contributed by atoms with van der Waals surface area (Å²) in [6, 6.07) is 13.8. The Kier molecular flexibility index (Phi) is 11.5. The van der Waals surface area contributed by atoms with E-state index in [1.165, 1.54) is 18.9 Å². The fourth-order valence-electron chi connectivity index (χ4n) is 4.79. The Morgan fingerprint density at radius 1 is 0.952 bits per heavy atom. The van der Waals surface area contributed by atoms with Crippen LogP contribution in [-0.2, 0) is 22.5 Å². The molecule has 0 aliphatic carbocycles. The first-order chi connectivity index (χ1) is 19.9. The maximum absolute atomic E-state index is 14.0. The minimum absolute atomic E-state index is 0.0355. The van der Waals surface area contributed by atoms with E-state index < -0.39 is 30.8 Å². The number of hydrogen-bond donors (Lipinski definition) is 0. The summed E-state index contributed by atoms with van der Waals surface area (Å²) in [5.41, 5.74) is 1.70. The van der Waals surface area contributed by atoms with Crippen molar-refractivity contribution in [3.63, 3.8) is 0 Å². The Labute approximate surface area is 247 Å². The number of unbranched alkanes of at least 4 members (excludes halogenated alkanes) is 4. The number of fused-ring (bicyclic) bond motifs is 1. The average molecular weight is 588 g/mol. The van der Waals surface area contributed by atoms with E-state index >= 15 is 0 Å². The number of esters is 1. The lowest BCUT2D eigenvalue weighted by Gasteiger charge is -2.31. The molecule has 0 aliphatic rings. The van der Waals surface area contributed by atoms with E-state index in [1.54, 1.807) is 19.2 Å². The summed E-state index contributed by atoms with van der Waals surface area (Å²) in [5.74, 6) is 0.239. The van der Waals surface area contributed by atoms with Gasteiger partial charge in [-0.1, -0.05) is 52.2 Å². The van der Waals surface area contributed by atoms with Gasteiger partial charge in [-0.15, -0.1) is 0 Å². The van der Waals surface area contributed by atoms with Gasteiger partial charge in [-0.2, -0.15) is 13.2 Å². The number of alkyl halides is 3.